The summed E-state index contributed by atoms with van der Waals surface area (Å²) in [6.45, 7) is 3.37. The van der Waals surface area contributed by atoms with Gasteiger partial charge in [0.2, 0.25) is 0 Å². The molecule has 3 heteroatoms. The van der Waals surface area contributed by atoms with Gasteiger partial charge in [-0.1, -0.05) is 13.3 Å². The van der Waals surface area contributed by atoms with Crippen molar-refractivity contribution in [3.8, 4) is 5.75 Å². The fourth-order valence-corrected chi connectivity index (χ4v) is 3.55. The predicted molar refractivity (Wildman–Crippen MR) is 83.5 cm³/mol. The van der Waals surface area contributed by atoms with E-state index in [1.54, 1.807) is 7.11 Å². The van der Waals surface area contributed by atoms with Crippen LogP contribution in [0.3, 0.4) is 0 Å². The second-order valence-corrected chi connectivity index (χ2v) is 6.03. The summed E-state index contributed by atoms with van der Waals surface area (Å²) in [7, 11) is 1.78. The van der Waals surface area contributed by atoms with Gasteiger partial charge >= 0.3 is 0 Å². The minimum atomic E-state index is 0.616. The first-order chi connectivity index (χ1) is 9.28. The second-order valence-electron chi connectivity index (χ2n) is 5.18. The van der Waals surface area contributed by atoms with Crippen LogP contribution in [0.4, 0.5) is 0 Å². The van der Waals surface area contributed by atoms with Gasteiger partial charge in [0.05, 0.1) is 7.11 Å². The Labute approximate surface area is 121 Å². The van der Waals surface area contributed by atoms with E-state index in [0.29, 0.717) is 6.04 Å². The normalized spacial score (nSPS) is 19.4. The van der Waals surface area contributed by atoms with Gasteiger partial charge < -0.3 is 10.1 Å². The fourth-order valence-electron chi connectivity index (χ4n) is 2.82. The summed E-state index contributed by atoms with van der Waals surface area (Å²) in [5.41, 5.74) is 2.74. The summed E-state index contributed by atoms with van der Waals surface area (Å²) in [6.07, 6.45) is 8.26. The first-order valence-corrected chi connectivity index (χ1v) is 8.48. The van der Waals surface area contributed by atoms with Gasteiger partial charge in [-0.25, -0.2) is 0 Å². The second kappa shape index (κ2) is 7.20. The van der Waals surface area contributed by atoms with E-state index in [2.05, 4.69) is 30.6 Å². The Morgan fingerprint density at radius 2 is 2.16 bits per heavy atom. The molecule has 2 nitrogen and oxygen atoms in total. The zero-order valence-corrected chi connectivity index (χ0v) is 13.1. The molecule has 0 radical (unpaired) electrons. The summed E-state index contributed by atoms with van der Waals surface area (Å²) in [5, 5.41) is 3.62. The summed E-state index contributed by atoms with van der Waals surface area (Å²) < 4.78 is 5.59. The van der Waals surface area contributed by atoms with E-state index >= 15 is 0 Å². The molecule has 1 unspecified atom stereocenters. The monoisotopic (exact) mass is 279 g/mol. The number of ether oxygens (including phenoxy) is 1. The lowest BCUT2D eigenvalue weighted by atomic mass is 9.96. The van der Waals surface area contributed by atoms with E-state index in [-0.39, 0.29) is 0 Å². The van der Waals surface area contributed by atoms with Crippen molar-refractivity contribution >= 4 is 11.8 Å². The van der Waals surface area contributed by atoms with Gasteiger partial charge in [-0.3, -0.25) is 0 Å². The lowest BCUT2D eigenvalue weighted by Gasteiger charge is -2.24. The fraction of sp³-hybridized carbons (Fsp3) is 0.625. The minimum absolute atomic E-state index is 0.616. The molecule has 1 saturated heterocycles. The van der Waals surface area contributed by atoms with Crippen LogP contribution < -0.4 is 10.1 Å². The number of piperidine rings is 1. The van der Waals surface area contributed by atoms with Gasteiger partial charge in [0.15, 0.2) is 0 Å². The summed E-state index contributed by atoms with van der Waals surface area (Å²) in [6, 6.07) is 5.17. The molecule has 1 fully saturated rings. The zero-order valence-electron chi connectivity index (χ0n) is 12.3. The summed E-state index contributed by atoms with van der Waals surface area (Å²) in [5.74, 6) is 1.06. The maximum atomic E-state index is 5.59. The first-order valence-electron chi connectivity index (χ1n) is 7.25. The van der Waals surface area contributed by atoms with E-state index in [0.717, 1.165) is 25.1 Å². The topological polar surface area (TPSA) is 21.3 Å². The molecule has 1 aliphatic heterocycles. The Balaban J connectivity index is 2.21. The molecule has 0 amide bonds. The van der Waals surface area contributed by atoms with Crippen molar-refractivity contribution in [2.75, 3.05) is 19.9 Å². The maximum absolute atomic E-state index is 5.59. The zero-order chi connectivity index (χ0) is 13.7. The van der Waals surface area contributed by atoms with Crippen LogP contribution in [0.5, 0.6) is 5.75 Å². The van der Waals surface area contributed by atoms with Gasteiger partial charge in [0.25, 0.3) is 0 Å². The van der Waals surface area contributed by atoms with E-state index in [1.807, 2.05) is 11.8 Å². The lowest BCUT2D eigenvalue weighted by molar-refractivity contribution is 0.381. The first kappa shape index (κ1) is 14.7. The summed E-state index contributed by atoms with van der Waals surface area (Å²) in [4.78, 5) is 1.40. The lowest BCUT2D eigenvalue weighted by Crippen LogP contribution is -2.35. The molecule has 1 heterocycles. The molecule has 1 aromatic rings. The predicted octanol–water partition coefficient (Wildman–Crippen LogP) is 3.66. The largest absolute Gasteiger partial charge is 0.496 e. The molecule has 1 atom stereocenters. The van der Waals surface area contributed by atoms with Crippen LogP contribution in [0, 0.1) is 0 Å². The molecule has 0 saturated carbocycles. The van der Waals surface area contributed by atoms with E-state index in [9.17, 15) is 0 Å². The highest BCUT2D eigenvalue weighted by Crippen LogP contribution is 2.31. The molecule has 1 aliphatic rings. The quantitative estimate of drug-likeness (QED) is 0.831. The Morgan fingerprint density at radius 3 is 2.74 bits per heavy atom. The summed E-state index contributed by atoms with van der Waals surface area (Å²) >= 11 is 1.84. The molecular formula is C16H25NOS. The third-order valence-corrected chi connectivity index (χ3v) is 4.76. The van der Waals surface area contributed by atoms with Crippen molar-refractivity contribution in [3.05, 3.63) is 23.3 Å². The van der Waals surface area contributed by atoms with Crippen LogP contribution in [0.15, 0.2) is 17.0 Å². The van der Waals surface area contributed by atoms with Crippen LogP contribution in [0.2, 0.25) is 0 Å². The van der Waals surface area contributed by atoms with E-state index < -0.39 is 0 Å². The average molecular weight is 279 g/mol. The maximum Gasteiger partial charge on any atom is 0.122 e. The van der Waals surface area contributed by atoms with Crippen LogP contribution in [0.25, 0.3) is 0 Å². The molecule has 1 aromatic carbocycles. The average Bonchev–Trinajstić information content (AvgIpc) is 2.47. The molecule has 1 N–H and O–H groups in total. The highest BCUT2D eigenvalue weighted by atomic mass is 32.2. The van der Waals surface area contributed by atoms with Crippen molar-refractivity contribution in [3.63, 3.8) is 0 Å². The van der Waals surface area contributed by atoms with Crippen molar-refractivity contribution < 1.29 is 4.74 Å². The van der Waals surface area contributed by atoms with Gasteiger partial charge in [-0.05, 0) is 61.7 Å². The number of hydrogen-bond acceptors (Lipinski definition) is 3. The third kappa shape index (κ3) is 3.67. The Morgan fingerprint density at radius 1 is 1.32 bits per heavy atom. The molecule has 0 aliphatic carbocycles. The van der Waals surface area contributed by atoms with Gasteiger partial charge in [0.1, 0.15) is 5.75 Å². The Bertz CT molecular complexity index is 413. The molecule has 0 bridgehead atoms. The van der Waals surface area contributed by atoms with Crippen LogP contribution in [0.1, 0.15) is 37.3 Å². The SMILES string of the molecule is CCc1cc(OC)c(CC2CCCCN2)cc1SC. The van der Waals surface area contributed by atoms with E-state index in [4.69, 9.17) is 4.74 Å². The number of methoxy groups -OCH3 is 1. The number of rotatable bonds is 5. The molecular weight excluding hydrogens is 254 g/mol. The van der Waals surface area contributed by atoms with Gasteiger partial charge in [0, 0.05) is 10.9 Å². The highest BCUT2D eigenvalue weighted by molar-refractivity contribution is 7.98. The smallest absolute Gasteiger partial charge is 0.122 e. The van der Waals surface area contributed by atoms with Gasteiger partial charge in [-0.2, -0.15) is 0 Å². The molecule has 2 rings (SSSR count). The van der Waals surface area contributed by atoms with Crippen molar-refractivity contribution in [1.29, 1.82) is 0 Å². The van der Waals surface area contributed by atoms with Crippen LogP contribution in [-0.2, 0) is 12.8 Å². The standard InChI is InChI=1S/C16H25NOS/c1-4-12-10-15(18-2)13(11-16(12)19-3)9-14-7-5-6-8-17-14/h10-11,14,17H,4-9H2,1-3H3. The van der Waals surface area contributed by atoms with Crippen molar-refractivity contribution in [2.24, 2.45) is 0 Å². The van der Waals surface area contributed by atoms with Crippen molar-refractivity contribution in [1.82, 2.24) is 5.32 Å². The van der Waals surface area contributed by atoms with Gasteiger partial charge in [-0.15, -0.1) is 11.8 Å². The number of hydrogen-bond donors (Lipinski definition) is 1. The Hall–Kier alpha value is -0.670. The van der Waals surface area contributed by atoms with Crippen molar-refractivity contribution in [2.45, 2.75) is 50.0 Å². The number of thioether (sulfide) groups is 1. The minimum Gasteiger partial charge on any atom is -0.496 e. The van der Waals surface area contributed by atoms with Crippen LogP contribution in [-0.4, -0.2) is 26.0 Å². The van der Waals surface area contributed by atoms with Crippen LogP contribution >= 0.6 is 11.8 Å². The highest BCUT2D eigenvalue weighted by Gasteiger charge is 2.16. The molecule has 0 aromatic heterocycles. The molecule has 19 heavy (non-hydrogen) atoms. The van der Waals surface area contributed by atoms with E-state index in [1.165, 1.54) is 35.3 Å². The molecule has 106 valence electrons. The number of benzene rings is 1. The number of nitrogens with one attached hydrogen (secondary N) is 1. The third-order valence-electron chi connectivity index (χ3n) is 3.94. The molecule has 0 spiro atoms. The Kier molecular flexibility index (Phi) is 5.59. The number of aryl methyl sites for hydroxylation is 1.